The summed E-state index contributed by atoms with van der Waals surface area (Å²) in [7, 11) is 3.54. The minimum atomic E-state index is -0.317. The fourth-order valence-corrected chi connectivity index (χ4v) is 5.50. The van der Waals surface area contributed by atoms with Crippen molar-refractivity contribution in [1.29, 1.82) is 5.26 Å². The van der Waals surface area contributed by atoms with E-state index in [1.54, 1.807) is 35.3 Å². The average Bonchev–Trinajstić information content (AvgIpc) is 3.74. The number of pyridine rings is 1. The van der Waals surface area contributed by atoms with Gasteiger partial charge in [-0.2, -0.15) is 15.3 Å². The van der Waals surface area contributed by atoms with Gasteiger partial charge in [0.2, 0.25) is 5.95 Å². The molecule has 1 fully saturated rings. The van der Waals surface area contributed by atoms with Crippen LogP contribution in [0.4, 0.5) is 33.8 Å². The molecule has 1 aliphatic heterocycles. The highest BCUT2D eigenvalue weighted by atomic mass is 16.5. The van der Waals surface area contributed by atoms with Crippen LogP contribution in [0, 0.1) is 11.3 Å². The van der Waals surface area contributed by atoms with E-state index in [9.17, 15) is 10.1 Å². The number of methoxy groups -OCH3 is 1. The lowest BCUT2D eigenvalue weighted by Gasteiger charge is -2.26. The number of aryl methyl sites for hydroxylation is 1. The summed E-state index contributed by atoms with van der Waals surface area (Å²) in [5, 5.41) is 20.2. The fraction of sp³-hybridized carbons (Fsp3) is 0.235. The highest BCUT2D eigenvalue weighted by molar-refractivity contribution is 5.98. The number of ether oxygens (including phenoxy) is 1. The van der Waals surface area contributed by atoms with Gasteiger partial charge >= 0.3 is 6.03 Å². The topological polar surface area (TPSA) is 137 Å². The Balaban J connectivity index is 1.24. The molecule has 2 aromatic carbocycles. The summed E-state index contributed by atoms with van der Waals surface area (Å²) in [4.78, 5) is 31.0. The number of hydrogen-bond donors (Lipinski definition) is 2. The van der Waals surface area contributed by atoms with Crippen molar-refractivity contribution in [3.05, 3.63) is 103 Å². The van der Waals surface area contributed by atoms with Crippen LogP contribution >= 0.6 is 0 Å². The van der Waals surface area contributed by atoms with E-state index in [0.717, 1.165) is 41.8 Å². The molecule has 232 valence electrons. The molecule has 0 bridgehead atoms. The molecule has 3 aromatic heterocycles. The Hall–Kier alpha value is -5.80. The normalized spacial score (nSPS) is 14.1. The molecule has 1 saturated heterocycles. The highest BCUT2D eigenvalue weighted by Gasteiger charge is 2.28. The lowest BCUT2D eigenvalue weighted by atomic mass is 10.1. The third-order valence-electron chi connectivity index (χ3n) is 7.78. The molecule has 12 heteroatoms. The second kappa shape index (κ2) is 13.9. The Morgan fingerprint density at radius 3 is 2.57 bits per heavy atom. The number of rotatable bonds is 10. The molecule has 0 saturated carbocycles. The molecule has 4 heterocycles. The first kappa shape index (κ1) is 30.2. The minimum absolute atomic E-state index is 0.158. The Kier molecular flexibility index (Phi) is 9.12. The van der Waals surface area contributed by atoms with Gasteiger partial charge < -0.3 is 20.3 Å². The number of urea groups is 1. The SMILES string of the molecule is COC[C@H]1CCCN1c1nc(Nc2ccc(N(C(=O)NCc3ccccc3)c3ccc(-c4cnn(C)c4)cn3)cc2)ncc1C#N. The summed E-state index contributed by atoms with van der Waals surface area (Å²) >= 11 is 0. The van der Waals surface area contributed by atoms with E-state index >= 15 is 0 Å². The van der Waals surface area contributed by atoms with Crippen LogP contribution in [0.1, 0.15) is 24.0 Å². The zero-order chi connectivity index (χ0) is 31.9. The first-order valence-corrected chi connectivity index (χ1v) is 15.0. The third kappa shape index (κ3) is 6.80. The van der Waals surface area contributed by atoms with Crippen molar-refractivity contribution in [1.82, 2.24) is 30.0 Å². The van der Waals surface area contributed by atoms with Crippen molar-refractivity contribution < 1.29 is 9.53 Å². The maximum Gasteiger partial charge on any atom is 0.327 e. The van der Waals surface area contributed by atoms with Crippen LogP contribution in [0.2, 0.25) is 0 Å². The lowest BCUT2D eigenvalue weighted by Crippen LogP contribution is -2.37. The number of benzene rings is 2. The van der Waals surface area contributed by atoms with Crippen LogP contribution < -0.4 is 20.4 Å². The summed E-state index contributed by atoms with van der Waals surface area (Å²) < 4.78 is 7.13. The van der Waals surface area contributed by atoms with E-state index < -0.39 is 0 Å². The first-order valence-electron chi connectivity index (χ1n) is 15.0. The quantitative estimate of drug-likeness (QED) is 0.207. The molecule has 0 spiro atoms. The number of amides is 2. The van der Waals surface area contributed by atoms with Gasteiger partial charge in [-0.1, -0.05) is 30.3 Å². The molecule has 0 radical (unpaired) electrons. The van der Waals surface area contributed by atoms with E-state index in [1.165, 1.54) is 0 Å². The summed E-state index contributed by atoms with van der Waals surface area (Å²) in [6, 6.07) is 22.9. The number of nitrogens with one attached hydrogen (secondary N) is 2. The van der Waals surface area contributed by atoms with Crippen LogP contribution in [0.25, 0.3) is 11.1 Å². The van der Waals surface area contributed by atoms with Crippen LogP contribution in [0.5, 0.6) is 0 Å². The van der Waals surface area contributed by atoms with Gasteiger partial charge in [-0.05, 0) is 54.8 Å². The van der Waals surface area contributed by atoms with Crippen LogP contribution in [0.15, 0.2) is 91.5 Å². The van der Waals surface area contributed by atoms with E-state index in [1.807, 2.05) is 80.0 Å². The standard InChI is InChI=1S/C34H34N10O2/c1-42-22-27(21-39-42)25-10-15-31(36-19-25)44(34(45)38-18-24-7-4-3-5-8-24)29-13-11-28(12-14-29)40-33-37-20-26(17-35)32(41-33)43-16-6-9-30(43)23-46-2/h3-5,7-8,10-15,19-22,30H,6,9,16,18,23H2,1-2H3,(H,38,45)(H,37,40,41)/t30-/m1/s1. The van der Waals surface area contributed by atoms with Crippen molar-refractivity contribution >= 4 is 35.0 Å². The predicted octanol–water partition coefficient (Wildman–Crippen LogP) is 5.55. The summed E-state index contributed by atoms with van der Waals surface area (Å²) in [5.41, 5.74) is 4.58. The van der Waals surface area contributed by atoms with E-state index in [0.29, 0.717) is 42.0 Å². The van der Waals surface area contributed by atoms with Gasteiger partial charge in [0.15, 0.2) is 5.82 Å². The molecule has 2 N–H and O–H groups in total. The Morgan fingerprint density at radius 2 is 1.87 bits per heavy atom. The largest absolute Gasteiger partial charge is 0.383 e. The Morgan fingerprint density at radius 1 is 1.04 bits per heavy atom. The maximum absolute atomic E-state index is 13.6. The van der Waals surface area contributed by atoms with Crippen molar-refractivity contribution in [3.8, 4) is 17.2 Å². The number of carbonyl (C=O) groups is 1. The van der Waals surface area contributed by atoms with Crippen molar-refractivity contribution in [2.24, 2.45) is 7.05 Å². The van der Waals surface area contributed by atoms with Gasteiger partial charge in [-0.15, -0.1) is 0 Å². The second-order valence-corrected chi connectivity index (χ2v) is 10.9. The van der Waals surface area contributed by atoms with Crippen LogP contribution in [0.3, 0.4) is 0 Å². The Labute approximate surface area is 267 Å². The van der Waals surface area contributed by atoms with Gasteiger partial charge in [0.25, 0.3) is 0 Å². The van der Waals surface area contributed by atoms with Gasteiger partial charge in [-0.3, -0.25) is 4.68 Å². The predicted molar refractivity (Wildman–Crippen MR) is 176 cm³/mol. The minimum Gasteiger partial charge on any atom is -0.383 e. The summed E-state index contributed by atoms with van der Waals surface area (Å²) in [6.45, 7) is 1.73. The van der Waals surface area contributed by atoms with Crippen molar-refractivity contribution in [3.63, 3.8) is 0 Å². The average molecular weight is 615 g/mol. The summed E-state index contributed by atoms with van der Waals surface area (Å²) in [6.07, 6.45) is 8.94. The van der Waals surface area contributed by atoms with Gasteiger partial charge in [-0.25, -0.2) is 19.7 Å². The van der Waals surface area contributed by atoms with Crippen molar-refractivity contribution in [2.45, 2.75) is 25.4 Å². The Bertz CT molecular complexity index is 1820. The lowest BCUT2D eigenvalue weighted by molar-refractivity contribution is 0.180. The smallest absolute Gasteiger partial charge is 0.327 e. The molecule has 1 aliphatic rings. The van der Waals surface area contributed by atoms with Crippen molar-refractivity contribution in [2.75, 3.05) is 35.4 Å². The zero-order valence-corrected chi connectivity index (χ0v) is 25.7. The fourth-order valence-electron chi connectivity index (χ4n) is 5.50. The second-order valence-electron chi connectivity index (χ2n) is 10.9. The van der Waals surface area contributed by atoms with E-state index in [4.69, 9.17) is 9.72 Å². The molecule has 6 rings (SSSR count). The number of aromatic nitrogens is 5. The highest BCUT2D eigenvalue weighted by Crippen LogP contribution is 2.30. The molecule has 0 unspecified atom stereocenters. The zero-order valence-electron chi connectivity index (χ0n) is 25.7. The first-order chi connectivity index (χ1) is 22.5. The number of carbonyl (C=O) groups excluding carboxylic acids is 1. The molecule has 0 aliphatic carbocycles. The van der Waals surface area contributed by atoms with Gasteiger partial charge in [0, 0.05) is 56.5 Å². The van der Waals surface area contributed by atoms with Crippen LogP contribution in [-0.4, -0.2) is 57.1 Å². The molecule has 12 nitrogen and oxygen atoms in total. The molecule has 1 atom stereocenters. The number of nitrogens with zero attached hydrogens (tertiary/aromatic N) is 8. The number of anilines is 5. The van der Waals surface area contributed by atoms with Gasteiger partial charge in [0.1, 0.15) is 17.5 Å². The molecule has 5 aromatic rings. The summed E-state index contributed by atoms with van der Waals surface area (Å²) in [5.74, 6) is 1.43. The molecular weight excluding hydrogens is 580 g/mol. The molecular formula is C34H34N10O2. The number of nitriles is 1. The van der Waals surface area contributed by atoms with E-state index in [2.05, 4.69) is 36.7 Å². The number of hydrogen-bond acceptors (Lipinski definition) is 9. The maximum atomic E-state index is 13.6. The van der Waals surface area contributed by atoms with Gasteiger partial charge in [0.05, 0.1) is 30.7 Å². The van der Waals surface area contributed by atoms with Crippen LogP contribution in [-0.2, 0) is 18.3 Å². The third-order valence-corrected chi connectivity index (χ3v) is 7.78. The monoisotopic (exact) mass is 614 g/mol. The molecule has 46 heavy (non-hydrogen) atoms. The van der Waals surface area contributed by atoms with E-state index in [-0.39, 0.29) is 12.1 Å². The molecule has 2 amide bonds.